The topological polar surface area (TPSA) is 62.1 Å². The van der Waals surface area contributed by atoms with Crippen molar-refractivity contribution in [2.45, 2.75) is 19.4 Å². The second-order valence-corrected chi connectivity index (χ2v) is 4.69. The van der Waals surface area contributed by atoms with Crippen molar-refractivity contribution in [3.8, 4) is 11.4 Å². The molecule has 0 spiro atoms. The number of nitrogens with zero attached hydrogens (tertiary/aromatic N) is 4. The maximum atomic E-state index is 9.40. The Kier molecular flexibility index (Phi) is 3.13. The van der Waals surface area contributed by atoms with Crippen LogP contribution in [0, 0.1) is 0 Å². The van der Waals surface area contributed by atoms with Crippen LogP contribution in [0.25, 0.3) is 11.4 Å². The minimum absolute atomic E-state index is 0.232. The number of pyridine rings is 1. The summed E-state index contributed by atoms with van der Waals surface area (Å²) < 4.78 is 0. The van der Waals surface area contributed by atoms with Gasteiger partial charge in [0.15, 0.2) is 5.82 Å². The van der Waals surface area contributed by atoms with E-state index in [4.69, 9.17) is 0 Å². The van der Waals surface area contributed by atoms with Crippen molar-refractivity contribution in [1.29, 1.82) is 0 Å². The van der Waals surface area contributed by atoms with Gasteiger partial charge in [-0.25, -0.2) is 9.97 Å². The number of aromatic nitrogens is 3. The quantitative estimate of drug-likeness (QED) is 0.896. The van der Waals surface area contributed by atoms with Gasteiger partial charge in [-0.1, -0.05) is 6.92 Å². The molecule has 0 aromatic carbocycles. The maximum Gasteiger partial charge on any atom is 0.161 e. The number of anilines is 1. The molecule has 1 fully saturated rings. The summed E-state index contributed by atoms with van der Waals surface area (Å²) in [6.07, 6.45) is 4.11. The van der Waals surface area contributed by atoms with E-state index in [0.29, 0.717) is 13.1 Å². The Morgan fingerprint density at radius 3 is 2.63 bits per heavy atom. The smallest absolute Gasteiger partial charge is 0.161 e. The average molecular weight is 256 g/mol. The molecular weight excluding hydrogens is 240 g/mol. The number of aliphatic hydroxyl groups excluding tert-OH is 1. The fourth-order valence-electron chi connectivity index (χ4n) is 2.10. The first kappa shape index (κ1) is 12.0. The fourth-order valence-corrected chi connectivity index (χ4v) is 2.10. The Balaban J connectivity index is 1.98. The molecule has 0 aliphatic carbocycles. The van der Waals surface area contributed by atoms with Gasteiger partial charge in [0, 0.05) is 42.8 Å². The lowest BCUT2D eigenvalue weighted by Gasteiger charge is -2.37. The zero-order valence-corrected chi connectivity index (χ0v) is 10.8. The van der Waals surface area contributed by atoms with E-state index in [2.05, 4.69) is 26.8 Å². The van der Waals surface area contributed by atoms with Crippen molar-refractivity contribution in [3.05, 3.63) is 36.3 Å². The molecule has 0 radical (unpaired) electrons. The highest BCUT2D eigenvalue weighted by Gasteiger charge is 2.26. The average Bonchev–Trinajstić information content (AvgIpc) is 2.44. The number of β-amino-alcohol motifs (C(OH)–C–C–N with tert-alkyl or cyclic N) is 1. The van der Waals surface area contributed by atoms with Gasteiger partial charge in [-0.3, -0.25) is 4.98 Å². The number of rotatable bonds is 3. The summed E-state index contributed by atoms with van der Waals surface area (Å²) in [5, 5.41) is 9.40. The highest BCUT2D eigenvalue weighted by molar-refractivity contribution is 5.57. The molecule has 0 atom stereocenters. The van der Waals surface area contributed by atoms with Gasteiger partial charge < -0.3 is 10.0 Å². The number of hydrogen-bond acceptors (Lipinski definition) is 5. The standard InChI is InChI=1S/C14H16N4O/c1-2-11-7-13(18-8-12(19)9-18)17-14(16-11)10-3-5-15-6-4-10/h3-7,12,19H,2,8-9H2,1H3. The normalized spacial score (nSPS) is 15.4. The van der Waals surface area contributed by atoms with Crippen LogP contribution in [0.3, 0.4) is 0 Å². The van der Waals surface area contributed by atoms with Gasteiger partial charge in [0.05, 0.1) is 6.10 Å². The summed E-state index contributed by atoms with van der Waals surface area (Å²) in [4.78, 5) is 15.2. The van der Waals surface area contributed by atoms with Gasteiger partial charge in [-0.05, 0) is 18.6 Å². The third kappa shape index (κ3) is 2.42. The Labute approximate surface area is 112 Å². The number of aryl methyl sites for hydroxylation is 1. The molecule has 1 saturated heterocycles. The summed E-state index contributed by atoms with van der Waals surface area (Å²) >= 11 is 0. The SMILES string of the molecule is CCc1cc(N2CC(O)C2)nc(-c2ccncc2)n1. The molecule has 0 bridgehead atoms. The predicted molar refractivity (Wildman–Crippen MR) is 72.9 cm³/mol. The lowest BCUT2D eigenvalue weighted by molar-refractivity contribution is 0.141. The molecule has 98 valence electrons. The Bertz CT molecular complexity index is 567. The molecule has 0 saturated carbocycles. The first-order chi connectivity index (χ1) is 9.26. The Hall–Kier alpha value is -2.01. The van der Waals surface area contributed by atoms with Crippen LogP contribution in [-0.4, -0.2) is 39.3 Å². The Morgan fingerprint density at radius 2 is 2.00 bits per heavy atom. The van der Waals surface area contributed by atoms with Crippen LogP contribution in [0.2, 0.25) is 0 Å². The van der Waals surface area contributed by atoms with Crippen LogP contribution in [0.5, 0.6) is 0 Å². The molecule has 0 amide bonds. The number of hydrogen-bond donors (Lipinski definition) is 1. The molecule has 1 aliphatic heterocycles. The lowest BCUT2D eigenvalue weighted by Crippen LogP contribution is -2.51. The predicted octanol–water partition coefficient (Wildman–Crippen LogP) is 1.28. The van der Waals surface area contributed by atoms with Gasteiger partial charge >= 0.3 is 0 Å². The van der Waals surface area contributed by atoms with E-state index in [1.54, 1.807) is 12.4 Å². The van der Waals surface area contributed by atoms with Gasteiger partial charge in [0.1, 0.15) is 5.82 Å². The van der Waals surface area contributed by atoms with E-state index >= 15 is 0 Å². The van der Waals surface area contributed by atoms with E-state index in [0.717, 1.165) is 29.3 Å². The second-order valence-electron chi connectivity index (χ2n) is 4.69. The summed E-state index contributed by atoms with van der Waals surface area (Å²) in [5.74, 6) is 1.61. The minimum atomic E-state index is -0.232. The summed E-state index contributed by atoms with van der Waals surface area (Å²) in [7, 11) is 0. The molecule has 19 heavy (non-hydrogen) atoms. The fraction of sp³-hybridized carbons (Fsp3) is 0.357. The molecule has 3 rings (SSSR count). The summed E-state index contributed by atoms with van der Waals surface area (Å²) in [6, 6.07) is 5.81. The third-order valence-electron chi connectivity index (χ3n) is 3.25. The third-order valence-corrected chi connectivity index (χ3v) is 3.25. The van der Waals surface area contributed by atoms with Crippen molar-refractivity contribution < 1.29 is 5.11 Å². The van der Waals surface area contributed by atoms with Crippen molar-refractivity contribution >= 4 is 5.82 Å². The molecule has 3 heterocycles. The molecule has 2 aromatic rings. The summed E-state index contributed by atoms with van der Waals surface area (Å²) in [6.45, 7) is 3.37. The molecule has 2 aromatic heterocycles. The van der Waals surface area contributed by atoms with Crippen molar-refractivity contribution in [1.82, 2.24) is 15.0 Å². The van der Waals surface area contributed by atoms with E-state index in [1.165, 1.54) is 0 Å². The summed E-state index contributed by atoms with van der Waals surface area (Å²) in [5.41, 5.74) is 1.98. The van der Waals surface area contributed by atoms with Crippen molar-refractivity contribution in [3.63, 3.8) is 0 Å². The molecule has 1 aliphatic rings. The van der Waals surface area contributed by atoms with Crippen LogP contribution in [0.4, 0.5) is 5.82 Å². The molecular formula is C14H16N4O. The van der Waals surface area contributed by atoms with Gasteiger partial charge in [0.25, 0.3) is 0 Å². The van der Waals surface area contributed by atoms with Crippen LogP contribution < -0.4 is 4.90 Å². The zero-order valence-electron chi connectivity index (χ0n) is 10.8. The highest BCUT2D eigenvalue weighted by Crippen LogP contribution is 2.23. The molecule has 5 heteroatoms. The van der Waals surface area contributed by atoms with E-state index in [9.17, 15) is 5.11 Å². The first-order valence-electron chi connectivity index (χ1n) is 6.47. The lowest BCUT2D eigenvalue weighted by atomic mass is 10.1. The van der Waals surface area contributed by atoms with Crippen LogP contribution >= 0.6 is 0 Å². The van der Waals surface area contributed by atoms with Gasteiger partial charge in [-0.2, -0.15) is 0 Å². The molecule has 1 N–H and O–H groups in total. The largest absolute Gasteiger partial charge is 0.389 e. The number of aliphatic hydroxyl groups is 1. The van der Waals surface area contributed by atoms with E-state index < -0.39 is 0 Å². The monoisotopic (exact) mass is 256 g/mol. The van der Waals surface area contributed by atoms with E-state index in [1.807, 2.05) is 18.2 Å². The minimum Gasteiger partial charge on any atom is -0.389 e. The highest BCUT2D eigenvalue weighted by atomic mass is 16.3. The van der Waals surface area contributed by atoms with Crippen LogP contribution in [0.1, 0.15) is 12.6 Å². The van der Waals surface area contributed by atoms with Crippen molar-refractivity contribution in [2.24, 2.45) is 0 Å². The Morgan fingerprint density at radius 1 is 1.26 bits per heavy atom. The van der Waals surface area contributed by atoms with Crippen molar-refractivity contribution in [2.75, 3.05) is 18.0 Å². The maximum absolute atomic E-state index is 9.40. The van der Waals surface area contributed by atoms with Crippen LogP contribution in [-0.2, 0) is 6.42 Å². The van der Waals surface area contributed by atoms with Gasteiger partial charge in [0.2, 0.25) is 0 Å². The zero-order chi connectivity index (χ0) is 13.2. The second kappa shape index (κ2) is 4.93. The van der Waals surface area contributed by atoms with Crippen LogP contribution in [0.15, 0.2) is 30.6 Å². The molecule has 0 unspecified atom stereocenters. The van der Waals surface area contributed by atoms with Gasteiger partial charge in [-0.15, -0.1) is 0 Å². The van der Waals surface area contributed by atoms with E-state index in [-0.39, 0.29) is 6.10 Å². The molecule has 5 nitrogen and oxygen atoms in total. The first-order valence-corrected chi connectivity index (χ1v) is 6.47.